The van der Waals surface area contributed by atoms with Gasteiger partial charge in [0.15, 0.2) is 6.10 Å². The molecule has 2 heterocycles. The van der Waals surface area contributed by atoms with Crippen molar-refractivity contribution in [2.24, 2.45) is 0 Å². The van der Waals surface area contributed by atoms with E-state index in [0.29, 0.717) is 17.1 Å². The highest BCUT2D eigenvalue weighted by molar-refractivity contribution is 6.04. The number of hydrogen-bond acceptors (Lipinski definition) is 5. The van der Waals surface area contributed by atoms with Crippen molar-refractivity contribution < 1.29 is 23.9 Å². The highest BCUT2D eigenvalue weighted by Crippen LogP contribution is 2.32. The van der Waals surface area contributed by atoms with Crippen LogP contribution >= 0.6 is 0 Å². The van der Waals surface area contributed by atoms with Crippen LogP contribution in [0.5, 0.6) is 5.75 Å². The summed E-state index contributed by atoms with van der Waals surface area (Å²) in [6.45, 7) is 1.29. The van der Waals surface area contributed by atoms with Crippen molar-refractivity contribution in [2.45, 2.75) is 31.8 Å². The molecule has 0 spiro atoms. The number of amides is 4. The molecule has 154 valence electrons. The Labute approximate surface area is 173 Å². The fourth-order valence-corrected chi connectivity index (χ4v) is 3.62. The summed E-state index contributed by atoms with van der Waals surface area (Å²) >= 11 is 0. The minimum atomic E-state index is -0.589. The Bertz CT molecular complexity index is 1000. The van der Waals surface area contributed by atoms with Gasteiger partial charge in [0, 0.05) is 24.4 Å². The van der Waals surface area contributed by atoms with Gasteiger partial charge in [-0.1, -0.05) is 30.3 Å². The van der Waals surface area contributed by atoms with Crippen LogP contribution < -0.4 is 15.4 Å². The number of hydrogen-bond donors (Lipinski definition) is 2. The number of benzene rings is 2. The lowest BCUT2D eigenvalue weighted by Gasteiger charge is -2.30. The van der Waals surface area contributed by atoms with E-state index in [4.69, 9.17) is 4.74 Å². The Morgan fingerprint density at radius 1 is 1.10 bits per heavy atom. The molecule has 0 unspecified atom stereocenters. The highest BCUT2D eigenvalue weighted by atomic mass is 16.5. The SMILES string of the molecule is C[C@@H]1Oc2ccc(NC(=O)CN3C(=O)CC(c4ccccc4)CC3=O)cc2NC1=O. The van der Waals surface area contributed by atoms with Crippen LogP contribution in [0.25, 0.3) is 0 Å². The van der Waals surface area contributed by atoms with E-state index in [1.165, 1.54) is 0 Å². The Balaban J connectivity index is 1.39. The fraction of sp³-hybridized carbons (Fsp3) is 0.273. The third kappa shape index (κ3) is 4.03. The van der Waals surface area contributed by atoms with E-state index in [1.54, 1.807) is 25.1 Å². The van der Waals surface area contributed by atoms with Gasteiger partial charge >= 0.3 is 0 Å². The van der Waals surface area contributed by atoms with E-state index in [-0.39, 0.29) is 43.0 Å². The molecule has 1 fully saturated rings. The van der Waals surface area contributed by atoms with Crippen LogP contribution in [-0.2, 0) is 19.2 Å². The molecule has 4 rings (SSSR count). The second-order valence-corrected chi connectivity index (χ2v) is 7.40. The molecule has 8 heteroatoms. The van der Waals surface area contributed by atoms with Crippen molar-refractivity contribution in [1.29, 1.82) is 0 Å². The summed E-state index contributed by atoms with van der Waals surface area (Å²) in [6.07, 6.45) is -0.221. The number of nitrogens with zero attached hydrogens (tertiary/aromatic N) is 1. The molecule has 0 radical (unpaired) electrons. The normalized spacial score (nSPS) is 19.0. The van der Waals surface area contributed by atoms with Gasteiger partial charge in [0.2, 0.25) is 17.7 Å². The summed E-state index contributed by atoms with van der Waals surface area (Å²) in [6, 6.07) is 14.3. The van der Waals surface area contributed by atoms with Crippen molar-refractivity contribution in [1.82, 2.24) is 4.90 Å². The van der Waals surface area contributed by atoms with Crippen LogP contribution in [0.15, 0.2) is 48.5 Å². The minimum Gasteiger partial charge on any atom is -0.479 e. The first-order chi connectivity index (χ1) is 14.4. The molecule has 8 nitrogen and oxygen atoms in total. The predicted molar refractivity (Wildman–Crippen MR) is 109 cm³/mol. The largest absolute Gasteiger partial charge is 0.479 e. The zero-order valence-electron chi connectivity index (χ0n) is 16.4. The van der Waals surface area contributed by atoms with Gasteiger partial charge in [0.25, 0.3) is 5.91 Å². The average Bonchev–Trinajstić information content (AvgIpc) is 2.72. The lowest BCUT2D eigenvalue weighted by Crippen LogP contribution is -2.46. The standard InChI is InChI=1S/C22H21N3O5/c1-13-22(29)24-17-11-16(7-8-18(17)30-13)23-19(26)12-25-20(27)9-15(10-21(25)28)14-5-3-2-4-6-14/h2-8,11,13,15H,9-10,12H2,1H3,(H,23,26)(H,24,29)/t13-/m0/s1. The van der Waals surface area contributed by atoms with Crippen molar-refractivity contribution in [3.8, 4) is 5.75 Å². The van der Waals surface area contributed by atoms with E-state index < -0.39 is 12.0 Å². The van der Waals surface area contributed by atoms with Gasteiger partial charge in [-0.15, -0.1) is 0 Å². The van der Waals surface area contributed by atoms with E-state index in [1.807, 2.05) is 30.3 Å². The smallest absolute Gasteiger partial charge is 0.265 e. The number of rotatable bonds is 4. The summed E-state index contributed by atoms with van der Waals surface area (Å²) in [7, 11) is 0. The topological polar surface area (TPSA) is 105 Å². The summed E-state index contributed by atoms with van der Waals surface area (Å²) < 4.78 is 5.48. The first-order valence-electron chi connectivity index (χ1n) is 9.70. The van der Waals surface area contributed by atoms with Crippen molar-refractivity contribution in [3.63, 3.8) is 0 Å². The molecular formula is C22H21N3O5. The third-order valence-electron chi connectivity index (χ3n) is 5.21. The van der Waals surface area contributed by atoms with E-state index in [0.717, 1.165) is 10.5 Å². The Kier molecular flexibility index (Phi) is 5.22. The number of ether oxygens (including phenoxy) is 1. The zero-order valence-corrected chi connectivity index (χ0v) is 16.4. The molecule has 2 aromatic carbocycles. The van der Waals surface area contributed by atoms with Gasteiger partial charge in [0.05, 0.1) is 5.69 Å². The first-order valence-corrected chi connectivity index (χ1v) is 9.70. The average molecular weight is 407 g/mol. The molecule has 0 aromatic heterocycles. The Morgan fingerprint density at radius 2 is 1.80 bits per heavy atom. The van der Waals surface area contributed by atoms with E-state index >= 15 is 0 Å². The predicted octanol–water partition coefficient (Wildman–Crippen LogP) is 2.28. The maximum absolute atomic E-state index is 12.5. The molecule has 0 aliphatic carbocycles. The van der Waals surface area contributed by atoms with Gasteiger partial charge in [-0.2, -0.15) is 0 Å². The number of fused-ring (bicyclic) bond motifs is 1. The van der Waals surface area contributed by atoms with Crippen LogP contribution in [0, 0.1) is 0 Å². The van der Waals surface area contributed by atoms with Crippen LogP contribution in [0.3, 0.4) is 0 Å². The first kappa shape index (κ1) is 19.6. The van der Waals surface area contributed by atoms with Crippen LogP contribution in [-0.4, -0.2) is 41.2 Å². The monoisotopic (exact) mass is 407 g/mol. The second kappa shape index (κ2) is 7.98. The molecule has 2 N–H and O–H groups in total. The molecule has 30 heavy (non-hydrogen) atoms. The van der Waals surface area contributed by atoms with Gasteiger partial charge in [0.1, 0.15) is 12.3 Å². The third-order valence-corrected chi connectivity index (χ3v) is 5.21. The number of carbonyl (C=O) groups excluding carboxylic acids is 4. The maximum atomic E-state index is 12.5. The fourth-order valence-electron chi connectivity index (χ4n) is 3.62. The quantitative estimate of drug-likeness (QED) is 0.757. The van der Waals surface area contributed by atoms with Crippen LogP contribution in [0.2, 0.25) is 0 Å². The van der Waals surface area contributed by atoms with Crippen molar-refractivity contribution in [3.05, 3.63) is 54.1 Å². The molecule has 1 saturated heterocycles. The number of anilines is 2. The lowest BCUT2D eigenvalue weighted by atomic mass is 9.88. The minimum absolute atomic E-state index is 0.169. The van der Waals surface area contributed by atoms with Gasteiger partial charge in [-0.05, 0) is 30.7 Å². The number of nitrogens with one attached hydrogen (secondary N) is 2. The number of likely N-dealkylation sites (tertiary alicyclic amines) is 1. The molecule has 2 aromatic rings. The summed E-state index contributed by atoms with van der Waals surface area (Å²) in [5.41, 5.74) is 1.82. The van der Waals surface area contributed by atoms with E-state index in [2.05, 4.69) is 10.6 Å². The van der Waals surface area contributed by atoms with Gasteiger partial charge in [-0.25, -0.2) is 0 Å². The molecular weight excluding hydrogens is 386 g/mol. The maximum Gasteiger partial charge on any atom is 0.265 e. The van der Waals surface area contributed by atoms with Gasteiger partial charge < -0.3 is 15.4 Å². The zero-order chi connectivity index (χ0) is 21.3. The molecule has 1 atom stereocenters. The number of carbonyl (C=O) groups is 4. The summed E-state index contributed by atoms with van der Waals surface area (Å²) in [5, 5.41) is 5.36. The summed E-state index contributed by atoms with van der Waals surface area (Å²) in [5.74, 6) is -1.16. The number of imide groups is 1. The molecule has 4 amide bonds. The van der Waals surface area contributed by atoms with Crippen LogP contribution in [0.4, 0.5) is 11.4 Å². The lowest BCUT2D eigenvalue weighted by molar-refractivity contribution is -0.150. The molecule has 0 bridgehead atoms. The molecule has 0 saturated carbocycles. The molecule has 2 aliphatic rings. The van der Waals surface area contributed by atoms with Crippen LogP contribution in [0.1, 0.15) is 31.2 Å². The summed E-state index contributed by atoms with van der Waals surface area (Å²) in [4.78, 5) is 50.2. The second-order valence-electron chi connectivity index (χ2n) is 7.40. The van der Waals surface area contributed by atoms with Crippen molar-refractivity contribution >= 4 is 35.0 Å². The molecule has 2 aliphatic heterocycles. The number of piperidine rings is 1. The van der Waals surface area contributed by atoms with E-state index in [9.17, 15) is 19.2 Å². The van der Waals surface area contributed by atoms with Gasteiger partial charge in [-0.3, -0.25) is 24.1 Å². The Morgan fingerprint density at radius 3 is 2.50 bits per heavy atom. The van der Waals surface area contributed by atoms with Crippen molar-refractivity contribution in [2.75, 3.05) is 17.2 Å². The Hall–Kier alpha value is -3.68. The highest BCUT2D eigenvalue weighted by Gasteiger charge is 2.34.